The predicted octanol–water partition coefficient (Wildman–Crippen LogP) is 4.18. The number of nitrogens with zero attached hydrogens (tertiary/aromatic N) is 6. The first-order valence-electron chi connectivity index (χ1n) is 12.5. The average molecular weight is 610 g/mol. The molecule has 1 saturated heterocycles. The van der Waals surface area contributed by atoms with Crippen molar-refractivity contribution < 1.29 is 22.7 Å². The number of carbonyl (C=O) groups excluding carboxylic acids is 1. The van der Waals surface area contributed by atoms with Crippen molar-refractivity contribution in [1.82, 2.24) is 29.5 Å². The molecule has 41 heavy (non-hydrogen) atoms. The smallest absolute Gasteiger partial charge is 0.383 e. The lowest BCUT2D eigenvalue weighted by molar-refractivity contribution is -0.0884. The summed E-state index contributed by atoms with van der Waals surface area (Å²) in [5.41, 5.74) is 6.66. The summed E-state index contributed by atoms with van der Waals surface area (Å²) in [5.74, 6) is -1.35. The van der Waals surface area contributed by atoms with Crippen molar-refractivity contribution in [2.24, 2.45) is 0 Å². The molecule has 5 rings (SSSR count). The number of pyridine rings is 1. The maximum atomic E-state index is 12.7. The Hall–Kier alpha value is -3.72. The van der Waals surface area contributed by atoms with Gasteiger partial charge in [-0.15, -0.1) is 5.10 Å². The van der Waals surface area contributed by atoms with Crippen molar-refractivity contribution in [3.63, 3.8) is 0 Å². The monoisotopic (exact) mass is 609 g/mol. The van der Waals surface area contributed by atoms with Crippen LogP contribution in [0.5, 0.6) is 0 Å². The molecule has 0 unspecified atom stereocenters. The number of benzene rings is 1. The quantitative estimate of drug-likeness (QED) is 0.187. The second-order valence-corrected chi connectivity index (χ2v) is 9.93. The van der Waals surface area contributed by atoms with Crippen LogP contribution in [0, 0.1) is 0 Å². The lowest BCUT2D eigenvalue weighted by atomic mass is 10.1. The summed E-state index contributed by atoms with van der Waals surface area (Å²) < 4.78 is 45.2. The number of rotatable bonds is 9. The van der Waals surface area contributed by atoms with Crippen LogP contribution in [0.1, 0.15) is 16.2 Å². The Morgan fingerprint density at radius 1 is 1.02 bits per heavy atom. The van der Waals surface area contributed by atoms with Gasteiger partial charge < -0.3 is 21.1 Å². The van der Waals surface area contributed by atoms with Gasteiger partial charge in [-0.2, -0.15) is 17.7 Å². The molecule has 16 heteroatoms. The summed E-state index contributed by atoms with van der Waals surface area (Å²) in [6.45, 7) is 3.99. The first kappa shape index (κ1) is 28.8. The zero-order valence-corrected chi connectivity index (χ0v) is 22.9. The number of Topliss-reactive ketones (excluding diaryl/α,β-unsaturated/α-hetero) is 1. The standard InChI is InChI=1S/C25H24Cl2F3N9O2/c26-14-1-2-15(17(27)11-14)18-12-21-35-20(13-38-7-9-41-10-8-38)37-39(21)24(34-18)33-6-5-32-19-4-3-16(23(31)36-19)22(40)25(28,29)30/h1-4,11-12H,5-10,13H2,(H,33,34)(H3,31,32,36). The summed E-state index contributed by atoms with van der Waals surface area (Å²) in [4.78, 5) is 27.0. The summed E-state index contributed by atoms with van der Waals surface area (Å²) >= 11 is 12.5. The van der Waals surface area contributed by atoms with Crippen molar-refractivity contribution in [3.8, 4) is 11.3 Å². The molecule has 1 aromatic carbocycles. The summed E-state index contributed by atoms with van der Waals surface area (Å²) in [5, 5.41) is 11.7. The molecule has 4 aromatic rings. The van der Waals surface area contributed by atoms with Crippen LogP contribution < -0.4 is 16.4 Å². The second-order valence-electron chi connectivity index (χ2n) is 9.09. The van der Waals surface area contributed by atoms with Gasteiger partial charge in [0.2, 0.25) is 5.95 Å². The minimum Gasteiger partial charge on any atom is -0.383 e. The van der Waals surface area contributed by atoms with Gasteiger partial charge in [-0.25, -0.2) is 15.0 Å². The average Bonchev–Trinajstić information content (AvgIpc) is 3.33. The highest BCUT2D eigenvalue weighted by Gasteiger charge is 2.40. The number of hydrogen-bond donors (Lipinski definition) is 3. The molecular weight excluding hydrogens is 586 g/mol. The van der Waals surface area contributed by atoms with Crippen molar-refractivity contribution in [1.29, 1.82) is 0 Å². The molecule has 0 spiro atoms. The Morgan fingerprint density at radius 2 is 1.78 bits per heavy atom. The van der Waals surface area contributed by atoms with E-state index in [2.05, 4.69) is 25.6 Å². The third kappa shape index (κ3) is 6.78. The topological polar surface area (TPSA) is 136 Å². The number of nitrogens with two attached hydrogens (primary N) is 1. The number of alkyl halides is 3. The van der Waals surface area contributed by atoms with Gasteiger partial charge in [0.05, 0.1) is 36.0 Å². The maximum Gasteiger partial charge on any atom is 0.455 e. The minimum absolute atomic E-state index is 0.205. The molecule has 1 fully saturated rings. The summed E-state index contributed by atoms with van der Waals surface area (Å²) in [7, 11) is 0. The second kappa shape index (κ2) is 12.0. The normalized spacial score (nSPS) is 14.4. The lowest BCUT2D eigenvalue weighted by Gasteiger charge is -2.25. The maximum absolute atomic E-state index is 12.7. The highest BCUT2D eigenvalue weighted by Crippen LogP contribution is 2.31. The zero-order chi connectivity index (χ0) is 29.1. The number of nitrogen functional groups attached to an aromatic ring is 1. The number of fused-ring (bicyclic) bond motifs is 1. The van der Waals surface area contributed by atoms with E-state index in [-0.39, 0.29) is 12.4 Å². The molecule has 11 nitrogen and oxygen atoms in total. The SMILES string of the molecule is Nc1nc(NCCNc2nc(-c3ccc(Cl)cc3Cl)cc3nc(CN4CCOCC4)nn23)ccc1C(=O)C(F)(F)F. The molecule has 0 aliphatic carbocycles. The molecule has 0 bridgehead atoms. The third-order valence-corrected chi connectivity index (χ3v) is 6.73. The van der Waals surface area contributed by atoms with Gasteiger partial charge in [0.15, 0.2) is 11.5 Å². The van der Waals surface area contributed by atoms with Gasteiger partial charge in [0, 0.05) is 42.8 Å². The fourth-order valence-electron chi connectivity index (χ4n) is 4.19. The number of halogens is 5. The van der Waals surface area contributed by atoms with E-state index in [1.165, 1.54) is 6.07 Å². The zero-order valence-electron chi connectivity index (χ0n) is 21.4. The summed E-state index contributed by atoms with van der Waals surface area (Å²) in [6, 6.07) is 9.13. The largest absolute Gasteiger partial charge is 0.455 e. The Balaban J connectivity index is 1.34. The van der Waals surface area contributed by atoms with Gasteiger partial charge in [0.1, 0.15) is 11.6 Å². The molecule has 216 valence electrons. The fourth-order valence-corrected chi connectivity index (χ4v) is 4.70. The van der Waals surface area contributed by atoms with Crippen LogP contribution in [0.3, 0.4) is 0 Å². The Kier molecular flexibility index (Phi) is 8.45. The van der Waals surface area contributed by atoms with E-state index < -0.39 is 23.3 Å². The third-order valence-electron chi connectivity index (χ3n) is 6.19. The van der Waals surface area contributed by atoms with Crippen molar-refractivity contribution in [2.45, 2.75) is 12.7 Å². The van der Waals surface area contributed by atoms with E-state index in [1.807, 2.05) is 0 Å². The first-order valence-corrected chi connectivity index (χ1v) is 13.2. The number of ketones is 1. The minimum atomic E-state index is -5.04. The van der Waals surface area contributed by atoms with E-state index in [4.69, 9.17) is 43.6 Å². The Morgan fingerprint density at radius 3 is 2.49 bits per heavy atom. The Bertz CT molecular complexity index is 1580. The number of ether oxygens (including phenoxy) is 1. The number of aromatic nitrogens is 5. The fraction of sp³-hybridized carbons (Fsp3) is 0.320. The molecule has 1 aliphatic heterocycles. The van der Waals surface area contributed by atoms with Crippen molar-refractivity contribution >= 4 is 52.2 Å². The van der Waals surface area contributed by atoms with Gasteiger partial charge in [0.25, 0.3) is 5.78 Å². The van der Waals surface area contributed by atoms with E-state index in [0.717, 1.165) is 19.2 Å². The lowest BCUT2D eigenvalue weighted by Crippen LogP contribution is -2.35. The molecule has 0 saturated carbocycles. The Labute approximate surface area is 241 Å². The number of hydrogen-bond acceptors (Lipinski definition) is 10. The van der Waals surface area contributed by atoms with Crippen LogP contribution in [-0.2, 0) is 11.3 Å². The summed E-state index contributed by atoms with van der Waals surface area (Å²) in [6.07, 6.45) is -5.04. The molecule has 4 heterocycles. The number of morpholine rings is 1. The molecular formula is C25H24Cl2F3N9O2. The van der Waals surface area contributed by atoms with Crippen LogP contribution in [0.4, 0.5) is 30.8 Å². The van der Waals surface area contributed by atoms with E-state index in [0.29, 0.717) is 65.0 Å². The molecule has 0 radical (unpaired) electrons. The molecule has 0 amide bonds. The van der Waals surface area contributed by atoms with Crippen molar-refractivity contribution in [2.75, 3.05) is 55.8 Å². The number of carbonyl (C=O) groups is 1. The molecule has 0 atom stereocenters. The first-order chi connectivity index (χ1) is 19.6. The highest BCUT2D eigenvalue weighted by molar-refractivity contribution is 6.36. The number of nitrogens with one attached hydrogen (secondary N) is 2. The van der Waals surface area contributed by atoms with E-state index >= 15 is 0 Å². The van der Waals surface area contributed by atoms with Gasteiger partial charge in [-0.05, 0) is 30.3 Å². The van der Waals surface area contributed by atoms with Gasteiger partial charge in [-0.1, -0.05) is 23.2 Å². The van der Waals surface area contributed by atoms with Crippen LogP contribution in [0.2, 0.25) is 10.0 Å². The predicted molar refractivity (Wildman–Crippen MR) is 148 cm³/mol. The van der Waals surface area contributed by atoms with Crippen LogP contribution in [0.15, 0.2) is 36.4 Å². The number of anilines is 3. The van der Waals surface area contributed by atoms with Crippen molar-refractivity contribution in [3.05, 3.63) is 57.8 Å². The van der Waals surface area contributed by atoms with Gasteiger partial charge >= 0.3 is 6.18 Å². The molecule has 1 aliphatic rings. The van der Waals surface area contributed by atoms with E-state index in [1.54, 1.807) is 28.8 Å². The molecule has 3 aromatic heterocycles. The molecule has 4 N–H and O–H groups in total. The van der Waals surface area contributed by atoms with Gasteiger partial charge in [-0.3, -0.25) is 9.69 Å². The van der Waals surface area contributed by atoms with E-state index in [9.17, 15) is 18.0 Å². The van der Waals surface area contributed by atoms with Crippen LogP contribution >= 0.6 is 23.2 Å². The highest BCUT2D eigenvalue weighted by atomic mass is 35.5. The van der Waals surface area contributed by atoms with Crippen LogP contribution in [-0.4, -0.2) is 80.8 Å². The van der Waals surface area contributed by atoms with Crippen LogP contribution in [0.25, 0.3) is 16.9 Å².